The Bertz CT molecular complexity index is 387. The molecule has 1 rings (SSSR count). The molecule has 0 fully saturated rings. The maximum atomic E-state index is 12.0. The second-order valence-corrected chi connectivity index (χ2v) is 5.27. The normalized spacial score (nSPS) is 12.8. The molecule has 5 heteroatoms. The van der Waals surface area contributed by atoms with Crippen molar-refractivity contribution in [1.82, 2.24) is 14.8 Å². The van der Waals surface area contributed by atoms with Crippen LogP contribution in [0.4, 0.5) is 0 Å². The van der Waals surface area contributed by atoms with E-state index in [9.17, 15) is 4.79 Å². The highest BCUT2D eigenvalue weighted by atomic mass is 79.9. The summed E-state index contributed by atoms with van der Waals surface area (Å²) < 4.78 is 2.87. The standard InChI is InChI=1S/C12H20BrN3O/c1-5-16-8-10(13)6-11(16)12(17)14-7-9(2)15(3)4/h6,8-9H,5,7H2,1-4H3,(H,14,17)/t9-/m0/s1. The van der Waals surface area contributed by atoms with E-state index in [-0.39, 0.29) is 5.91 Å². The number of amides is 1. The van der Waals surface area contributed by atoms with Gasteiger partial charge in [0.15, 0.2) is 0 Å². The van der Waals surface area contributed by atoms with E-state index in [0.717, 1.165) is 11.0 Å². The van der Waals surface area contributed by atoms with E-state index in [1.54, 1.807) is 0 Å². The third-order valence-corrected chi connectivity index (χ3v) is 3.31. The van der Waals surface area contributed by atoms with Crippen molar-refractivity contribution in [3.8, 4) is 0 Å². The number of likely N-dealkylation sites (N-methyl/N-ethyl adjacent to an activating group) is 1. The fourth-order valence-corrected chi connectivity index (χ4v) is 1.90. The van der Waals surface area contributed by atoms with E-state index >= 15 is 0 Å². The molecule has 0 aliphatic rings. The Morgan fingerprint density at radius 3 is 2.76 bits per heavy atom. The molecule has 0 spiro atoms. The van der Waals surface area contributed by atoms with Crippen molar-refractivity contribution in [3.05, 3.63) is 22.4 Å². The molecule has 0 aliphatic carbocycles. The van der Waals surface area contributed by atoms with Gasteiger partial charge < -0.3 is 14.8 Å². The van der Waals surface area contributed by atoms with E-state index in [1.807, 2.05) is 37.8 Å². The van der Waals surface area contributed by atoms with Gasteiger partial charge in [-0.15, -0.1) is 0 Å². The van der Waals surface area contributed by atoms with Crippen LogP contribution in [0.15, 0.2) is 16.7 Å². The van der Waals surface area contributed by atoms with Crippen LogP contribution in [-0.2, 0) is 6.54 Å². The molecule has 1 amide bonds. The number of hydrogen-bond donors (Lipinski definition) is 1. The zero-order valence-electron chi connectivity index (χ0n) is 10.8. The van der Waals surface area contributed by atoms with E-state index in [0.29, 0.717) is 18.3 Å². The summed E-state index contributed by atoms with van der Waals surface area (Å²) in [7, 11) is 4.00. The van der Waals surface area contributed by atoms with E-state index in [2.05, 4.69) is 33.1 Å². The average molecular weight is 302 g/mol. The average Bonchev–Trinajstić information content (AvgIpc) is 2.66. The van der Waals surface area contributed by atoms with Gasteiger partial charge in [-0.1, -0.05) is 0 Å². The maximum absolute atomic E-state index is 12.0. The van der Waals surface area contributed by atoms with Crippen LogP contribution in [0.2, 0.25) is 0 Å². The first-order valence-electron chi connectivity index (χ1n) is 5.76. The molecule has 96 valence electrons. The van der Waals surface area contributed by atoms with Crippen molar-refractivity contribution >= 4 is 21.8 Å². The molecular weight excluding hydrogens is 282 g/mol. The third-order valence-electron chi connectivity index (χ3n) is 2.88. The second-order valence-electron chi connectivity index (χ2n) is 4.35. The summed E-state index contributed by atoms with van der Waals surface area (Å²) >= 11 is 3.39. The lowest BCUT2D eigenvalue weighted by Gasteiger charge is -2.20. The van der Waals surface area contributed by atoms with Crippen LogP contribution in [0, 0.1) is 0 Å². The van der Waals surface area contributed by atoms with Crippen LogP contribution in [0.3, 0.4) is 0 Å². The Kier molecular flexibility index (Phi) is 5.21. The fourth-order valence-electron chi connectivity index (χ4n) is 1.44. The Morgan fingerprint density at radius 1 is 1.59 bits per heavy atom. The Morgan fingerprint density at radius 2 is 2.24 bits per heavy atom. The summed E-state index contributed by atoms with van der Waals surface area (Å²) in [6.45, 7) is 5.54. The van der Waals surface area contributed by atoms with Gasteiger partial charge in [0.05, 0.1) is 0 Å². The molecule has 0 radical (unpaired) electrons. The number of aryl methyl sites for hydroxylation is 1. The predicted octanol–water partition coefficient (Wildman–Crippen LogP) is 1.95. The van der Waals surface area contributed by atoms with Crippen LogP contribution in [0.5, 0.6) is 0 Å². The number of rotatable bonds is 5. The number of nitrogens with zero attached hydrogens (tertiary/aromatic N) is 2. The van der Waals surface area contributed by atoms with Crippen molar-refractivity contribution in [2.45, 2.75) is 26.4 Å². The molecule has 1 aromatic rings. The molecular formula is C12H20BrN3O. The van der Waals surface area contributed by atoms with Gasteiger partial charge in [0.2, 0.25) is 0 Å². The maximum Gasteiger partial charge on any atom is 0.267 e. The Hall–Kier alpha value is -0.810. The molecule has 0 saturated carbocycles. The van der Waals surface area contributed by atoms with Crippen LogP contribution in [-0.4, -0.2) is 42.1 Å². The Balaban J connectivity index is 2.63. The first-order valence-corrected chi connectivity index (χ1v) is 6.55. The molecule has 1 N–H and O–H groups in total. The topological polar surface area (TPSA) is 37.3 Å². The lowest BCUT2D eigenvalue weighted by atomic mass is 10.3. The number of halogens is 1. The van der Waals surface area contributed by atoms with Gasteiger partial charge in [-0.2, -0.15) is 0 Å². The highest BCUT2D eigenvalue weighted by Crippen LogP contribution is 2.14. The number of carbonyl (C=O) groups is 1. The zero-order chi connectivity index (χ0) is 13.0. The number of hydrogen-bond acceptors (Lipinski definition) is 2. The van der Waals surface area contributed by atoms with Gasteiger partial charge in [0.25, 0.3) is 5.91 Å². The molecule has 0 unspecified atom stereocenters. The Labute approximate surface area is 111 Å². The second kappa shape index (κ2) is 6.21. The lowest BCUT2D eigenvalue weighted by Crippen LogP contribution is -2.38. The highest BCUT2D eigenvalue weighted by Gasteiger charge is 2.13. The van der Waals surface area contributed by atoms with Crippen LogP contribution in [0.25, 0.3) is 0 Å². The lowest BCUT2D eigenvalue weighted by molar-refractivity contribution is 0.0934. The third kappa shape index (κ3) is 3.85. The molecule has 1 atom stereocenters. The summed E-state index contributed by atoms with van der Waals surface area (Å²) in [5, 5.41) is 2.95. The first kappa shape index (κ1) is 14.3. The van der Waals surface area contributed by atoms with Crippen LogP contribution >= 0.6 is 15.9 Å². The van der Waals surface area contributed by atoms with Gasteiger partial charge in [-0.25, -0.2) is 0 Å². The molecule has 1 heterocycles. The summed E-state index contributed by atoms with van der Waals surface area (Å²) in [6.07, 6.45) is 1.92. The van der Waals surface area contributed by atoms with Crippen molar-refractivity contribution in [2.75, 3.05) is 20.6 Å². The largest absolute Gasteiger partial charge is 0.349 e. The van der Waals surface area contributed by atoms with Gasteiger partial charge in [-0.05, 0) is 49.9 Å². The van der Waals surface area contributed by atoms with Gasteiger partial charge >= 0.3 is 0 Å². The monoisotopic (exact) mass is 301 g/mol. The van der Waals surface area contributed by atoms with Crippen molar-refractivity contribution in [3.63, 3.8) is 0 Å². The SMILES string of the molecule is CCn1cc(Br)cc1C(=O)NC[C@H](C)N(C)C. The molecule has 0 bridgehead atoms. The van der Waals surface area contributed by atoms with E-state index in [4.69, 9.17) is 0 Å². The highest BCUT2D eigenvalue weighted by molar-refractivity contribution is 9.10. The predicted molar refractivity (Wildman–Crippen MR) is 73.3 cm³/mol. The molecule has 0 aliphatic heterocycles. The summed E-state index contributed by atoms with van der Waals surface area (Å²) in [4.78, 5) is 14.1. The summed E-state index contributed by atoms with van der Waals surface area (Å²) in [6, 6.07) is 2.17. The number of carbonyl (C=O) groups excluding carboxylic acids is 1. The minimum atomic E-state index is -0.0220. The molecule has 0 aromatic carbocycles. The fraction of sp³-hybridized carbons (Fsp3) is 0.583. The summed E-state index contributed by atoms with van der Waals surface area (Å²) in [5.41, 5.74) is 0.699. The molecule has 0 saturated heterocycles. The number of nitrogens with one attached hydrogen (secondary N) is 1. The quantitative estimate of drug-likeness (QED) is 0.902. The molecule has 17 heavy (non-hydrogen) atoms. The van der Waals surface area contributed by atoms with E-state index in [1.165, 1.54) is 0 Å². The smallest absolute Gasteiger partial charge is 0.267 e. The molecule has 1 aromatic heterocycles. The van der Waals surface area contributed by atoms with Gasteiger partial charge in [-0.3, -0.25) is 4.79 Å². The van der Waals surface area contributed by atoms with Crippen LogP contribution < -0.4 is 5.32 Å². The van der Waals surface area contributed by atoms with Gasteiger partial charge in [0.1, 0.15) is 5.69 Å². The first-order chi connectivity index (χ1) is 7.95. The van der Waals surface area contributed by atoms with E-state index < -0.39 is 0 Å². The van der Waals surface area contributed by atoms with Crippen molar-refractivity contribution in [2.24, 2.45) is 0 Å². The van der Waals surface area contributed by atoms with Crippen LogP contribution in [0.1, 0.15) is 24.3 Å². The molecule has 4 nitrogen and oxygen atoms in total. The minimum Gasteiger partial charge on any atom is -0.349 e. The summed E-state index contributed by atoms with van der Waals surface area (Å²) in [5.74, 6) is -0.0220. The van der Waals surface area contributed by atoms with Gasteiger partial charge in [0, 0.05) is 29.8 Å². The number of aromatic nitrogens is 1. The van der Waals surface area contributed by atoms with Crippen molar-refractivity contribution < 1.29 is 4.79 Å². The van der Waals surface area contributed by atoms with Crippen molar-refractivity contribution in [1.29, 1.82) is 0 Å². The minimum absolute atomic E-state index is 0.0220. The zero-order valence-corrected chi connectivity index (χ0v) is 12.4.